The number of ketones is 1. The number of nitrogens with zero attached hydrogens (tertiary/aromatic N) is 2. The van der Waals surface area contributed by atoms with Crippen molar-refractivity contribution in [2.24, 2.45) is 0 Å². The second-order valence-electron chi connectivity index (χ2n) is 8.76. The highest BCUT2D eigenvalue weighted by atomic mass is 32.2. The standard InChI is InChI=1S/C29H24N2O5S2/c1-19(32)24-17-31(27(20-9-5-3-6-10-20)21-11-7-4-8-12-21)29-26(28(24)33)30-25(37-29)18-38(34,35)23-15-13-22(36-2)14-16-23/h3-17,27H,18H2,1-2H3. The molecule has 2 heterocycles. The van der Waals surface area contributed by atoms with E-state index in [1.807, 2.05) is 65.2 Å². The van der Waals surface area contributed by atoms with Crippen molar-refractivity contribution in [3.63, 3.8) is 0 Å². The average molecular weight is 545 g/mol. The summed E-state index contributed by atoms with van der Waals surface area (Å²) in [6.07, 6.45) is 1.57. The summed E-state index contributed by atoms with van der Waals surface area (Å²) in [5.41, 5.74) is 1.47. The number of aromatic nitrogens is 2. The number of fused-ring (bicyclic) bond motifs is 1. The van der Waals surface area contributed by atoms with E-state index in [9.17, 15) is 18.0 Å². The number of sulfone groups is 1. The number of Topliss-reactive ketones (excluding diaryl/α,β-unsaturated/α-hetero) is 1. The molecule has 5 rings (SSSR count). The molecule has 0 saturated heterocycles. The molecule has 0 N–H and O–H groups in total. The Morgan fingerprint density at radius 1 is 0.947 bits per heavy atom. The lowest BCUT2D eigenvalue weighted by molar-refractivity contribution is 0.101. The third-order valence-corrected chi connectivity index (χ3v) is 9.13. The molecule has 5 aromatic rings. The lowest BCUT2D eigenvalue weighted by Crippen LogP contribution is -2.21. The van der Waals surface area contributed by atoms with Crippen LogP contribution in [0.15, 0.2) is 101 Å². The molecule has 2 aromatic heterocycles. The van der Waals surface area contributed by atoms with Gasteiger partial charge in [-0.25, -0.2) is 13.4 Å². The molecular formula is C29H24N2O5S2. The number of carbonyl (C=O) groups is 1. The lowest BCUT2D eigenvalue weighted by Gasteiger charge is -2.23. The SMILES string of the molecule is COc1ccc(S(=O)(=O)Cc2nc3c(=O)c(C(C)=O)cn(C(c4ccccc4)c4ccccc4)c3s2)cc1. The molecule has 38 heavy (non-hydrogen) atoms. The minimum absolute atomic E-state index is 0.00391. The maximum absolute atomic E-state index is 13.3. The lowest BCUT2D eigenvalue weighted by atomic mass is 9.98. The van der Waals surface area contributed by atoms with Gasteiger partial charge >= 0.3 is 0 Å². The first-order chi connectivity index (χ1) is 18.3. The maximum Gasteiger partial charge on any atom is 0.219 e. The van der Waals surface area contributed by atoms with E-state index in [4.69, 9.17) is 4.74 Å². The Labute approximate surface area is 223 Å². The topological polar surface area (TPSA) is 95.3 Å². The molecule has 0 unspecified atom stereocenters. The monoisotopic (exact) mass is 544 g/mol. The summed E-state index contributed by atoms with van der Waals surface area (Å²) in [5.74, 6) is -0.217. The normalized spacial score (nSPS) is 11.7. The highest BCUT2D eigenvalue weighted by Crippen LogP contribution is 2.33. The Kier molecular flexibility index (Phi) is 6.96. The highest BCUT2D eigenvalue weighted by Gasteiger charge is 2.25. The van der Waals surface area contributed by atoms with Gasteiger partial charge in [-0.05, 0) is 42.3 Å². The van der Waals surface area contributed by atoms with E-state index >= 15 is 0 Å². The number of methoxy groups -OCH3 is 1. The van der Waals surface area contributed by atoms with Gasteiger partial charge in [-0.3, -0.25) is 9.59 Å². The van der Waals surface area contributed by atoms with Gasteiger partial charge in [-0.1, -0.05) is 72.0 Å². The van der Waals surface area contributed by atoms with Gasteiger partial charge in [-0.15, -0.1) is 0 Å². The van der Waals surface area contributed by atoms with Crippen molar-refractivity contribution >= 4 is 37.3 Å². The molecule has 7 nitrogen and oxygen atoms in total. The molecule has 0 aliphatic carbocycles. The Balaban J connectivity index is 1.70. The van der Waals surface area contributed by atoms with Crippen molar-refractivity contribution in [1.29, 1.82) is 0 Å². The number of pyridine rings is 1. The van der Waals surface area contributed by atoms with E-state index in [1.54, 1.807) is 18.3 Å². The molecule has 0 atom stereocenters. The predicted molar refractivity (Wildman–Crippen MR) is 148 cm³/mol. The van der Waals surface area contributed by atoms with Crippen LogP contribution in [-0.4, -0.2) is 30.9 Å². The fourth-order valence-corrected chi connectivity index (χ4v) is 7.05. The minimum Gasteiger partial charge on any atom is -0.497 e. The molecule has 0 spiro atoms. The first-order valence-electron chi connectivity index (χ1n) is 11.8. The van der Waals surface area contributed by atoms with Crippen molar-refractivity contribution in [2.45, 2.75) is 23.6 Å². The van der Waals surface area contributed by atoms with Gasteiger partial charge in [0.25, 0.3) is 0 Å². The van der Waals surface area contributed by atoms with Crippen LogP contribution in [0.1, 0.15) is 39.5 Å². The van der Waals surface area contributed by atoms with Crippen molar-refractivity contribution in [1.82, 2.24) is 9.55 Å². The second kappa shape index (κ2) is 10.4. The van der Waals surface area contributed by atoms with Gasteiger partial charge in [0.1, 0.15) is 26.9 Å². The van der Waals surface area contributed by atoms with E-state index < -0.39 is 15.3 Å². The molecule has 0 bridgehead atoms. The van der Waals surface area contributed by atoms with E-state index in [0.29, 0.717) is 10.6 Å². The van der Waals surface area contributed by atoms with Crippen LogP contribution in [0.5, 0.6) is 5.75 Å². The molecule has 0 radical (unpaired) electrons. The van der Waals surface area contributed by atoms with Crippen LogP contribution in [0.25, 0.3) is 10.3 Å². The summed E-state index contributed by atoms with van der Waals surface area (Å²) in [7, 11) is -2.24. The van der Waals surface area contributed by atoms with Crippen molar-refractivity contribution < 1.29 is 17.9 Å². The van der Waals surface area contributed by atoms with Gasteiger partial charge in [-0.2, -0.15) is 0 Å². The Hall–Kier alpha value is -4.08. The minimum atomic E-state index is -3.75. The number of ether oxygens (including phenoxy) is 1. The smallest absolute Gasteiger partial charge is 0.219 e. The van der Waals surface area contributed by atoms with Crippen LogP contribution in [0, 0.1) is 0 Å². The van der Waals surface area contributed by atoms with Gasteiger partial charge in [0.2, 0.25) is 5.43 Å². The van der Waals surface area contributed by atoms with E-state index in [2.05, 4.69) is 4.98 Å². The number of thiazole rings is 1. The number of carbonyl (C=O) groups excluding carboxylic acids is 1. The first-order valence-corrected chi connectivity index (χ1v) is 14.3. The highest BCUT2D eigenvalue weighted by molar-refractivity contribution is 7.90. The number of hydrogen-bond acceptors (Lipinski definition) is 7. The Morgan fingerprint density at radius 2 is 1.53 bits per heavy atom. The van der Waals surface area contributed by atoms with Crippen LogP contribution in [0.3, 0.4) is 0 Å². The van der Waals surface area contributed by atoms with E-state index in [1.165, 1.54) is 26.2 Å². The van der Waals surface area contributed by atoms with Crippen LogP contribution < -0.4 is 10.2 Å². The average Bonchev–Trinajstić information content (AvgIpc) is 3.35. The zero-order valence-corrected chi connectivity index (χ0v) is 22.3. The third kappa shape index (κ3) is 4.90. The summed E-state index contributed by atoms with van der Waals surface area (Å²) in [6, 6.07) is 25.2. The molecule has 0 fully saturated rings. The number of rotatable bonds is 8. The molecule has 0 aliphatic rings. The molecule has 3 aromatic carbocycles. The Morgan fingerprint density at radius 3 is 2.05 bits per heavy atom. The summed E-state index contributed by atoms with van der Waals surface area (Å²) in [6.45, 7) is 1.34. The van der Waals surface area contributed by atoms with Gasteiger partial charge in [0.15, 0.2) is 15.6 Å². The quantitative estimate of drug-likeness (QED) is 0.247. The van der Waals surface area contributed by atoms with E-state index in [0.717, 1.165) is 22.5 Å². The fraction of sp³-hybridized carbons (Fsp3) is 0.138. The molecule has 0 amide bonds. The second-order valence-corrected chi connectivity index (χ2v) is 11.8. The van der Waals surface area contributed by atoms with Gasteiger partial charge in [0, 0.05) is 6.20 Å². The third-order valence-electron chi connectivity index (χ3n) is 6.24. The largest absolute Gasteiger partial charge is 0.497 e. The maximum atomic E-state index is 13.3. The molecule has 9 heteroatoms. The van der Waals surface area contributed by atoms with Crippen LogP contribution >= 0.6 is 11.3 Å². The zero-order valence-electron chi connectivity index (χ0n) is 20.7. The van der Waals surface area contributed by atoms with Crippen molar-refractivity contribution in [2.75, 3.05) is 7.11 Å². The zero-order chi connectivity index (χ0) is 26.9. The van der Waals surface area contributed by atoms with Gasteiger partial charge < -0.3 is 9.30 Å². The summed E-state index contributed by atoms with van der Waals surface area (Å²) < 4.78 is 33.4. The summed E-state index contributed by atoms with van der Waals surface area (Å²) in [4.78, 5) is 30.9. The predicted octanol–water partition coefficient (Wildman–Crippen LogP) is 5.28. The first kappa shape index (κ1) is 25.6. The fourth-order valence-electron chi connectivity index (χ4n) is 4.38. The van der Waals surface area contributed by atoms with E-state index in [-0.39, 0.29) is 38.6 Å². The van der Waals surface area contributed by atoms with Crippen LogP contribution in [0.4, 0.5) is 0 Å². The van der Waals surface area contributed by atoms with Crippen molar-refractivity contribution in [3.8, 4) is 5.75 Å². The summed E-state index contributed by atoms with van der Waals surface area (Å²) >= 11 is 1.14. The molecular weight excluding hydrogens is 520 g/mol. The molecule has 0 aliphatic heterocycles. The molecule has 192 valence electrons. The molecule has 0 saturated carbocycles. The number of hydrogen-bond donors (Lipinski definition) is 0. The van der Waals surface area contributed by atoms with Gasteiger partial charge in [0.05, 0.1) is 23.6 Å². The Bertz CT molecular complexity index is 1740. The number of benzene rings is 3. The van der Waals surface area contributed by atoms with Crippen LogP contribution in [-0.2, 0) is 15.6 Å². The van der Waals surface area contributed by atoms with Crippen molar-refractivity contribution in [3.05, 3.63) is 123 Å². The summed E-state index contributed by atoms with van der Waals surface area (Å²) in [5, 5.41) is 0.266. The van der Waals surface area contributed by atoms with Crippen LogP contribution in [0.2, 0.25) is 0 Å².